The van der Waals surface area contributed by atoms with Gasteiger partial charge in [0.2, 0.25) is 5.88 Å². The summed E-state index contributed by atoms with van der Waals surface area (Å²) in [7, 11) is 0. The number of nitrogens with zero attached hydrogens (tertiary/aromatic N) is 1. The molecule has 0 saturated heterocycles. The molecule has 0 saturated carbocycles. The van der Waals surface area contributed by atoms with Crippen LogP contribution in [0.5, 0.6) is 11.6 Å². The van der Waals surface area contributed by atoms with Crippen molar-refractivity contribution >= 4 is 21.8 Å². The lowest BCUT2D eigenvalue weighted by molar-refractivity contribution is 0.459. The summed E-state index contributed by atoms with van der Waals surface area (Å²) in [5.74, 6) is 1.00. The largest absolute Gasteiger partial charge is 0.438 e. The number of benzene rings is 1. The van der Waals surface area contributed by atoms with Crippen LogP contribution in [-0.2, 0) is 0 Å². The quantitative estimate of drug-likeness (QED) is 0.662. The van der Waals surface area contributed by atoms with Crippen LogP contribution in [0.15, 0.2) is 28.7 Å². The van der Waals surface area contributed by atoms with Gasteiger partial charge >= 0.3 is 0 Å². The molecule has 0 aliphatic carbocycles. The van der Waals surface area contributed by atoms with Crippen LogP contribution in [0.1, 0.15) is 22.4 Å². The highest BCUT2D eigenvalue weighted by atomic mass is 79.9. The molecule has 0 fully saturated rings. The third-order valence-corrected chi connectivity index (χ3v) is 3.81. The fraction of sp³-hybridized carbons (Fsp3) is 0.200. The van der Waals surface area contributed by atoms with Crippen molar-refractivity contribution in [1.29, 1.82) is 5.41 Å². The second kappa shape index (κ2) is 5.63. The minimum atomic E-state index is -0.0427. The molecule has 0 atom stereocenters. The number of rotatable bonds is 3. The maximum absolute atomic E-state index is 7.68. The highest BCUT2D eigenvalue weighted by molar-refractivity contribution is 9.10. The van der Waals surface area contributed by atoms with Crippen molar-refractivity contribution < 1.29 is 4.74 Å². The number of ether oxygens (including phenoxy) is 1. The van der Waals surface area contributed by atoms with E-state index in [0.717, 1.165) is 21.3 Å². The SMILES string of the molecule is Cc1cc(C)c(C(=N)N)c(Oc2ccc(Br)c(C)c2)n1. The van der Waals surface area contributed by atoms with Crippen LogP contribution >= 0.6 is 15.9 Å². The van der Waals surface area contributed by atoms with Gasteiger partial charge in [0, 0.05) is 10.2 Å². The maximum atomic E-state index is 7.68. The zero-order valence-corrected chi connectivity index (χ0v) is 13.2. The Bertz CT molecular complexity index is 683. The van der Waals surface area contributed by atoms with Crippen molar-refractivity contribution in [3.63, 3.8) is 0 Å². The van der Waals surface area contributed by atoms with Crippen molar-refractivity contribution in [3.05, 3.63) is 51.1 Å². The number of hydrogen-bond acceptors (Lipinski definition) is 3. The summed E-state index contributed by atoms with van der Waals surface area (Å²) < 4.78 is 6.83. The summed E-state index contributed by atoms with van der Waals surface area (Å²) in [4.78, 5) is 4.35. The Kier molecular flexibility index (Phi) is 4.09. The molecule has 0 spiro atoms. The van der Waals surface area contributed by atoms with Gasteiger partial charge in [-0.3, -0.25) is 5.41 Å². The minimum Gasteiger partial charge on any atom is -0.438 e. The molecule has 5 heteroatoms. The van der Waals surface area contributed by atoms with Crippen LogP contribution < -0.4 is 10.5 Å². The number of pyridine rings is 1. The zero-order chi connectivity index (χ0) is 14.9. The predicted molar refractivity (Wildman–Crippen MR) is 83.7 cm³/mol. The number of aryl methyl sites for hydroxylation is 3. The average Bonchev–Trinajstić information content (AvgIpc) is 2.32. The predicted octanol–water partition coefficient (Wildman–Crippen LogP) is 3.85. The summed E-state index contributed by atoms with van der Waals surface area (Å²) in [5.41, 5.74) is 8.95. The van der Waals surface area contributed by atoms with Crippen LogP contribution in [0.25, 0.3) is 0 Å². The van der Waals surface area contributed by atoms with Crippen molar-refractivity contribution in [2.45, 2.75) is 20.8 Å². The van der Waals surface area contributed by atoms with E-state index in [4.69, 9.17) is 15.9 Å². The van der Waals surface area contributed by atoms with Gasteiger partial charge in [-0.05, 0) is 56.2 Å². The van der Waals surface area contributed by atoms with Gasteiger partial charge < -0.3 is 10.5 Å². The van der Waals surface area contributed by atoms with Gasteiger partial charge in [0.05, 0.1) is 5.56 Å². The first-order chi connectivity index (χ1) is 9.38. The van der Waals surface area contributed by atoms with E-state index in [-0.39, 0.29) is 5.84 Å². The fourth-order valence-electron chi connectivity index (χ4n) is 2.00. The highest BCUT2D eigenvalue weighted by Gasteiger charge is 2.14. The van der Waals surface area contributed by atoms with E-state index in [1.807, 2.05) is 45.0 Å². The highest BCUT2D eigenvalue weighted by Crippen LogP contribution is 2.28. The molecule has 0 radical (unpaired) electrons. The molecule has 20 heavy (non-hydrogen) atoms. The first-order valence-electron chi connectivity index (χ1n) is 6.15. The molecule has 0 aliphatic rings. The number of aromatic nitrogens is 1. The molecule has 0 amide bonds. The Hall–Kier alpha value is -1.88. The van der Waals surface area contributed by atoms with Crippen molar-refractivity contribution in [2.24, 2.45) is 5.73 Å². The molecule has 2 aromatic rings. The number of halogens is 1. The molecule has 1 heterocycles. The van der Waals surface area contributed by atoms with Gasteiger partial charge in [-0.25, -0.2) is 4.98 Å². The number of hydrogen-bond donors (Lipinski definition) is 2. The Morgan fingerprint density at radius 2 is 1.90 bits per heavy atom. The molecule has 104 valence electrons. The van der Waals surface area contributed by atoms with E-state index >= 15 is 0 Å². The van der Waals surface area contributed by atoms with Gasteiger partial charge in [0.25, 0.3) is 0 Å². The molecular formula is C15H16BrN3O. The van der Waals surface area contributed by atoms with Crippen LogP contribution in [0.3, 0.4) is 0 Å². The third kappa shape index (κ3) is 2.99. The fourth-order valence-corrected chi connectivity index (χ4v) is 2.24. The van der Waals surface area contributed by atoms with Crippen LogP contribution in [-0.4, -0.2) is 10.8 Å². The smallest absolute Gasteiger partial charge is 0.230 e. The first kappa shape index (κ1) is 14.5. The molecule has 3 N–H and O–H groups in total. The van der Waals surface area contributed by atoms with E-state index < -0.39 is 0 Å². The first-order valence-corrected chi connectivity index (χ1v) is 6.94. The third-order valence-electron chi connectivity index (χ3n) is 2.92. The van der Waals surface area contributed by atoms with Gasteiger partial charge in [0.15, 0.2) is 0 Å². The molecule has 0 unspecified atom stereocenters. The van der Waals surface area contributed by atoms with E-state index in [2.05, 4.69) is 20.9 Å². The Labute approximate surface area is 126 Å². The van der Waals surface area contributed by atoms with Gasteiger partial charge in [-0.2, -0.15) is 0 Å². The van der Waals surface area contributed by atoms with Crippen LogP contribution in [0, 0.1) is 26.2 Å². The van der Waals surface area contributed by atoms with E-state index in [0.29, 0.717) is 17.2 Å². The molecule has 2 rings (SSSR count). The monoisotopic (exact) mass is 333 g/mol. The van der Waals surface area contributed by atoms with Gasteiger partial charge in [-0.15, -0.1) is 0 Å². The second-order valence-electron chi connectivity index (χ2n) is 4.69. The topological polar surface area (TPSA) is 72.0 Å². The lowest BCUT2D eigenvalue weighted by Gasteiger charge is -2.13. The Morgan fingerprint density at radius 1 is 1.20 bits per heavy atom. The van der Waals surface area contributed by atoms with Crippen molar-refractivity contribution in [3.8, 4) is 11.6 Å². The van der Waals surface area contributed by atoms with Gasteiger partial charge in [0.1, 0.15) is 11.6 Å². The number of nitrogen functional groups attached to an aromatic ring is 1. The summed E-state index contributed by atoms with van der Waals surface area (Å²) in [6.07, 6.45) is 0. The summed E-state index contributed by atoms with van der Waals surface area (Å²) in [6, 6.07) is 7.56. The molecule has 4 nitrogen and oxygen atoms in total. The van der Waals surface area contributed by atoms with Crippen molar-refractivity contribution in [1.82, 2.24) is 4.98 Å². The van der Waals surface area contributed by atoms with Gasteiger partial charge in [-0.1, -0.05) is 15.9 Å². The molecule has 0 bridgehead atoms. The number of nitrogens with two attached hydrogens (primary N) is 1. The maximum Gasteiger partial charge on any atom is 0.230 e. The lowest BCUT2D eigenvalue weighted by Crippen LogP contribution is -2.15. The standard InChI is InChI=1S/C15H16BrN3O/c1-8-7-11(4-5-12(8)16)20-15-13(14(17)18)9(2)6-10(3)19-15/h4-7H,1-3H3,(H3,17,18). The summed E-state index contributed by atoms with van der Waals surface area (Å²) >= 11 is 3.45. The summed E-state index contributed by atoms with van der Waals surface area (Å²) in [6.45, 7) is 5.76. The normalized spacial score (nSPS) is 10.4. The zero-order valence-electron chi connectivity index (χ0n) is 11.6. The Balaban J connectivity index is 2.47. The average molecular weight is 334 g/mol. The number of nitrogens with one attached hydrogen (secondary N) is 1. The minimum absolute atomic E-state index is 0.0427. The molecule has 0 aliphatic heterocycles. The summed E-state index contributed by atoms with van der Waals surface area (Å²) in [5, 5.41) is 7.68. The molecule has 1 aromatic heterocycles. The second-order valence-corrected chi connectivity index (χ2v) is 5.54. The van der Waals surface area contributed by atoms with Crippen LogP contribution in [0.4, 0.5) is 0 Å². The van der Waals surface area contributed by atoms with Crippen molar-refractivity contribution in [2.75, 3.05) is 0 Å². The number of amidine groups is 1. The lowest BCUT2D eigenvalue weighted by atomic mass is 10.1. The molecule has 1 aromatic carbocycles. The molecular weight excluding hydrogens is 318 g/mol. The van der Waals surface area contributed by atoms with E-state index in [9.17, 15) is 0 Å². The van der Waals surface area contributed by atoms with E-state index in [1.165, 1.54) is 0 Å². The Morgan fingerprint density at radius 3 is 2.50 bits per heavy atom. The van der Waals surface area contributed by atoms with E-state index in [1.54, 1.807) is 0 Å². The van der Waals surface area contributed by atoms with Crippen LogP contribution in [0.2, 0.25) is 0 Å².